The molecule has 0 saturated heterocycles. The molecule has 2 aromatic heterocycles. The van der Waals surface area contributed by atoms with Gasteiger partial charge in [0, 0.05) is 31.2 Å². The van der Waals surface area contributed by atoms with Gasteiger partial charge in [-0.05, 0) is 19.1 Å². The van der Waals surface area contributed by atoms with Crippen molar-refractivity contribution in [3.8, 4) is 10.7 Å². The quantitative estimate of drug-likeness (QED) is 0.907. The largest absolute Gasteiger partial charge is 0.341 e. The first kappa shape index (κ1) is 14.6. The number of hydrogen-bond donors (Lipinski definition) is 1. The van der Waals surface area contributed by atoms with E-state index in [-0.39, 0.29) is 11.9 Å². The summed E-state index contributed by atoms with van der Waals surface area (Å²) in [5.74, 6) is 0.0285. The highest BCUT2D eigenvalue weighted by molar-refractivity contribution is 7.13. The molecule has 2 aromatic rings. The summed E-state index contributed by atoms with van der Waals surface area (Å²) in [6.45, 7) is 2.39. The van der Waals surface area contributed by atoms with Crippen LogP contribution < -0.4 is 5.73 Å². The van der Waals surface area contributed by atoms with Gasteiger partial charge in [0.05, 0.1) is 17.8 Å². The minimum atomic E-state index is 0.0285. The number of nitrogens with two attached hydrogens (primary N) is 1. The van der Waals surface area contributed by atoms with E-state index in [1.54, 1.807) is 18.1 Å². The SMILES string of the molecule is CC(CN)N(C)C(=O)Cc1csc(-c2ccccn2)n1. The highest BCUT2D eigenvalue weighted by Crippen LogP contribution is 2.21. The van der Waals surface area contributed by atoms with Crippen molar-refractivity contribution in [3.05, 3.63) is 35.5 Å². The van der Waals surface area contributed by atoms with E-state index in [9.17, 15) is 4.79 Å². The third-order valence-corrected chi connectivity index (χ3v) is 4.08. The van der Waals surface area contributed by atoms with E-state index in [2.05, 4.69) is 9.97 Å². The average molecular weight is 290 g/mol. The van der Waals surface area contributed by atoms with E-state index in [0.717, 1.165) is 16.4 Å². The maximum atomic E-state index is 12.1. The predicted molar refractivity (Wildman–Crippen MR) is 80.3 cm³/mol. The second kappa shape index (κ2) is 6.58. The van der Waals surface area contributed by atoms with Gasteiger partial charge in [-0.2, -0.15) is 0 Å². The first-order chi connectivity index (χ1) is 9.61. The number of nitrogens with zero attached hydrogens (tertiary/aromatic N) is 3. The molecule has 106 valence electrons. The van der Waals surface area contributed by atoms with Crippen molar-refractivity contribution in [2.24, 2.45) is 5.73 Å². The van der Waals surface area contributed by atoms with Crippen LogP contribution in [0.4, 0.5) is 0 Å². The lowest BCUT2D eigenvalue weighted by molar-refractivity contribution is -0.130. The van der Waals surface area contributed by atoms with Crippen molar-refractivity contribution in [2.45, 2.75) is 19.4 Å². The van der Waals surface area contributed by atoms with Crippen LogP contribution in [0.3, 0.4) is 0 Å². The Bertz CT molecular complexity index is 570. The average Bonchev–Trinajstić information content (AvgIpc) is 2.95. The van der Waals surface area contributed by atoms with Crippen LogP contribution in [0.25, 0.3) is 10.7 Å². The van der Waals surface area contributed by atoms with Crippen LogP contribution in [-0.2, 0) is 11.2 Å². The Morgan fingerprint density at radius 1 is 1.50 bits per heavy atom. The zero-order chi connectivity index (χ0) is 14.5. The first-order valence-corrected chi connectivity index (χ1v) is 7.31. The number of hydrogen-bond acceptors (Lipinski definition) is 5. The molecule has 1 atom stereocenters. The van der Waals surface area contributed by atoms with Gasteiger partial charge < -0.3 is 10.6 Å². The fraction of sp³-hybridized carbons (Fsp3) is 0.357. The fourth-order valence-electron chi connectivity index (χ4n) is 1.68. The van der Waals surface area contributed by atoms with E-state index < -0.39 is 0 Å². The Hall–Kier alpha value is -1.79. The van der Waals surface area contributed by atoms with Crippen molar-refractivity contribution >= 4 is 17.2 Å². The summed E-state index contributed by atoms with van der Waals surface area (Å²) in [5.41, 5.74) is 7.18. The van der Waals surface area contributed by atoms with Crippen LogP contribution in [0.1, 0.15) is 12.6 Å². The van der Waals surface area contributed by atoms with Gasteiger partial charge in [-0.15, -0.1) is 11.3 Å². The molecule has 0 aliphatic rings. The molecular weight excluding hydrogens is 272 g/mol. The van der Waals surface area contributed by atoms with Gasteiger partial charge in [0.25, 0.3) is 0 Å². The summed E-state index contributed by atoms with van der Waals surface area (Å²) >= 11 is 1.50. The Labute approximate surface area is 122 Å². The fourth-order valence-corrected chi connectivity index (χ4v) is 2.47. The number of aromatic nitrogens is 2. The molecule has 0 spiro atoms. The lowest BCUT2D eigenvalue weighted by Gasteiger charge is -2.23. The van der Waals surface area contributed by atoms with Crippen molar-refractivity contribution in [1.82, 2.24) is 14.9 Å². The van der Waals surface area contributed by atoms with Gasteiger partial charge in [-0.3, -0.25) is 9.78 Å². The van der Waals surface area contributed by atoms with Gasteiger partial charge in [0.1, 0.15) is 5.01 Å². The Morgan fingerprint density at radius 2 is 2.30 bits per heavy atom. The summed E-state index contributed by atoms with van der Waals surface area (Å²) in [5, 5.41) is 2.74. The maximum Gasteiger partial charge on any atom is 0.228 e. The summed E-state index contributed by atoms with van der Waals surface area (Å²) in [4.78, 5) is 22.5. The Kier molecular flexibility index (Phi) is 4.81. The monoisotopic (exact) mass is 290 g/mol. The molecule has 1 amide bonds. The molecule has 2 N–H and O–H groups in total. The van der Waals surface area contributed by atoms with Crippen LogP contribution >= 0.6 is 11.3 Å². The smallest absolute Gasteiger partial charge is 0.228 e. The van der Waals surface area contributed by atoms with Crippen molar-refractivity contribution in [3.63, 3.8) is 0 Å². The first-order valence-electron chi connectivity index (χ1n) is 6.43. The lowest BCUT2D eigenvalue weighted by atomic mass is 10.2. The molecule has 20 heavy (non-hydrogen) atoms. The van der Waals surface area contributed by atoms with Crippen molar-refractivity contribution in [2.75, 3.05) is 13.6 Å². The van der Waals surface area contributed by atoms with Crippen LogP contribution in [0, 0.1) is 0 Å². The Morgan fingerprint density at radius 3 is 2.95 bits per heavy atom. The molecule has 0 radical (unpaired) electrons. The Balaban J connectivity index is 2.05. The van der Waals surface area contributed by atoms with E-state index in [0.29, 0.717) is 13.0 Å². The molecule has 6 heteroatoms. The topological polar surface area (TPSA) is 72.1 Å². The number of rotatable bonds is 5. The molecule has 2 heterocycles. The van der Waals surface area contributed by atoms with E-state index in [1.165, 1.54) is 11.3 Å². The molecule has 0 aliphatic heterocycles. The van der Waals surface area contributed by atoms with E-state index in [4.69, 9.17) is 5.73 Å². The molecule has 0 bridgehead atoms. The van der Waals surface area contributed by atoms with Gasteiger partial charge in [-0.25, -0.2) is 4.98 Å². The lowest BCUT2D eigenvalue weighted by Crippen LogP contribution is -2.40. The summed E-state index contributed by atoms with van der Waals surface area (Å²) in [6, 6.07) is 5.74. The number of carbonyl (C=O) groups excluding carboxylic acids is 1. The van der Waals surface area contributed by atoms with E-state index in [1.807, 2.05) is 30.5 Å². The van der Waals surface area contributed by atoms with Crippen molar-refractivity contribution < 1.29 is 4.79 Å². The third kappa shape index (κ3) is 3.40. The van der Waals surface area contributed by atoms with Gasteiger partial charge in [-0.1, -0.05) is 6.07 Å². The predicted octanol–water partition coefficient (Wildman–Crippen LogP) is 1.55. The molecule has 1 unspecified atom stereocenters. The van der Waals surface area contributed by atoms with Crippen LogP contribution in [-0.4, -0.2) is 40.4 Å². The van der Waals surface area contributed by atoms with Gasteiger partial charge in [0.15, 0.2) is 0 Å². The normalized spacial score (nSPS) is 12.2. The van der Waals surface area contributed by atoms with Crippen LogP contribution in [0.2, 0.25) is 0 Å². The number of likely N-dealkylation sites (N-methyl/N-ethyl adjacent to an activating group) is 1. The highest BCUT2D eigenvalue weighted by Gasteiger charge is 2.16. The maximum absolute atomic E-state index is 12.1. The summed E-state index contributed by atoms with van der Waals surface area (Å²) in [6.07, 6.45) is 2.03. The van der Waals surface area contributed by atoms with Gasteiger partial charge >= 0.3 is 0 Å². The highest BCUT2D eigenvalue weighted by atomic mass is 32.1. The minimum Gasteiger partial charge on any atom is -0.341 e. The molecule has 0 saturated carbocycles. The molecule has 0 fully saturated rings. The third-order valence-electron chi connectivity index (χ3n) is 3.16. The van der Waals surface area contributed by atoms with Crippen molar-refractivity contribution in [1.29, 1.82) is 0 Å². The van der Waals surface area contributed by atoms with Gasteiger partial charge in [0.2, 0.25) is 5.91 Å². The molecular formula is C14H18N4OS. The second-order valence-corrected chi connectivity index (χ2v) is 5.48. The zero-order valence-corrected chi connectivity index (χ0v) is 12.4. The number of carbonyl (C=O) groups is 1. The van der Waals surface area contributed by atoms with Crippen LogP contribution in [0.15, 0.2) is 29.8 Å². The number of amides is 1. The molecule has 0 aliphatic carbocycles. The molecule has 2 rings (SSSR count). The standard InChI is InChI=1S/C14H18N4OS/c1-10(8-15)18(2)13(19)7-11-9-20-14(17-11)12-5-3-4-6-16-12/h3-6,9-10H,7-8,15H2,1-2H3. The molecule has 0 aromatic carbocycles. The molecule has 5 nitrogen and oxygen atoms in total. The van der Waals surface area contributed by atoms with Crippen LogP contribution in [0.5, 0.6) is 0 Å². The summed E-state index contributed by atoms with van der Waals surface area (Å²) < 4.78 is 0. The van der Waals surface area contributed by atoms with E-state index >= 15 is 0 Å². The number of thiazole rings is 1. The minimum absolute atomic E-state index is 0.0285. The zero-order valence-electron chi connectivity index (χ0n) is 11.6. The second-order valence-electron chi connectivity index (χ2n) is 4.63. The number of pyridine rings is 1. The summed E-state index contributed by atoms with van der Waals surface area (Å²) in [7, 11) is 1.77.